The molecule has 0 radical (unpaired) electrons. The zero-order valence-corrected chi connectivity index (χ0v) is 16.6. The largest absolute Gasteiger partial charge is 0.368 e. The Morgan fingerprint density at radius 3 is 2.65 bits per heavy atom. The van der Waals surface area contributed by atoms with Crippen LogP contribution in [0.15, 0.2) is 18.2 Å². The van der Waals surface area contributed by atoms with Crippen molar-refractivity contribution in [3.8, 4) is 0 Å². The Labute approximate surface area is 159 Å². The van der Waals surface area contributed by atoms with Crippen LogP contribution < -0.4 is 4.90 Å². The van der Waals surface area contributed by atoms with Crippen molar-refractivity contribution in [3.05, 3.63) is 29.3 Å². The molecule has 2 amide bonds. The molecule has 5 nitrogen and oxygen atoms in total. The van der Waals surface area contributed by atoms with Gasteiger partial charge in [0.25, 0.3) is 0 Å². The van der Waals surface area contributed by atoms with Gasteiger partial charge in [-0.3, -0.25) is 9.59 Å². The van der Waals surface area contributed by atoms with Crippen LogP contribution in [0.25, 0.3) is 0 Å². The van der Waals surface area contributed by atoms with E-state index in [9.17, 15) is 9.59 Å². The number of aryl methyl sites for hydroxylation is 1. The van der Waals surface area contributed by atoms with E-state index >= 15 is 0 Å². The fraction of sp³-hybridized carbons (Fsp3) is 0.600. The summed E-state index contributed by atoms with van der Waals surface area (Å²) >= 11 is 1.77. The van der Waals surface area contributed by atoms with Crippen molar-refractivity contribution in [2.45, 2.75) is 44.5 Å². The number of thioether (sulfide) groups is 1. The maximum Gasteiger partial charge on any atom is 0.246 e. The number of carbonyl (C=O) groups is 2. The minimum absolute atomic E-state index is 0.136. The first-order valence-electron chi connectivity index (χ1n) is 9.47. The van der Waals surface area contributed by atoms with Crippen LogP contribution in [0.2, 0.25) is 0 Å². The van der Waals surface area contributed by atoms with Crippen molar-refractivity contribution in [2.24, 2.45) is 0 Å². The third-order valence-electron chi connectivity index (χ3n) is 6.24. The molecule has 0 N–H and O–H groups in total. The molecule has 0 saturated carbocycles. The van der Waals surface area contributed by atoms with Crippen molar-refractivity contribution in [3.63, 3.8) is 0 Å². The van der Waals surface area contributed by atoms with Crippen LogP contribution in [0.1, 0.15) is 30.9 Å². The standard InChI is InChI=1S/C20H27N3O2S/c1-14-5-4-6-16(15(14)2)21-9-11-22(12-10-21)19(25)17-13-26-20(3)8-7-18(24)23(17)20/h4-6,17H,7-13H2,1-3H3/t17-,20+/m1/s1. The summed E-state index contributed by atoms with van der Waals surface area (Å²) in [5, 5.41) is 0. The van der Waals surface area contributed by atoms with Crippen LogP contribution >= 0.6 is 11.8 Å². The monoisotopic (exact) mass is 373 g/mol. The number of rotatable bonds is 2. The molecule has 140 valence electrons. The average Bonchev–Trinajstić information content (AvgIpc) is 3.13. The quantitative estimate of drug-likeness (QED) is 0.799. The second-order valence-electron chi connectivity index (χ2n) is 7.80. The van der Waals surface area contributed by atoms with Gasteiger partial charge < -0.3 is 14.7 Å². The Bertz CT molecular complexity index is 745. The maximum absolute atomic E-state index is 13.1. The average molecular weight is 374 g/mol. The van der Waals surface area contributed by atoms with E-state index in [2.05, 4.69) is 43.9 Å². The van der Waals surface area contributed by atoms with Crippen molar-refractivity contribution in [2.75, 3.05) is 36.8 Å². The number of carbonyl (C=O) groups excluding carboxylic acids is 2. The summed E-state index contributed by atoms with van der Waals surface area (Å²) in [7, 11) is 0. The van der Waals surface area contributed by atoms with Crippen molar-refractivity contribution < 1.29 is 9.59 Å². The molecule has 3 aliphatic rings. The van der Waals surface area contributed by atoms with Crippen LogP contribution in [0.4, 0.5) is 5.69 Å². The van der Waals surface area contributed by atoms with E-state index in [0.717, 1.165) is 38.4 Å². The summed E-state index contributed by atoms with van der Waals surface area (Å²) in [6, 6.07) is 6.14. The number of benzene rings is 1. The number of amides is 2. The number of piperazine rings is 1. The fourth-order valence-corrected chi connectivity index (χ4v) is 5.88. The highest BCUT2D eigenvalue weighted by molar-refractivity contribution is 8.01. The molecule has 6 heteroatoms. The summed E-state index contributed by atoms with van der Waals surface area (Å²) in [5.74, 6) is 1.01. The minimum Gasteiger partial charge on any atom is -0.368 e. The predicted octanol–water partition coefficient (Wildman–Crippen LogP) is 2.41. The molecule has 0 bridgehead atoms. The Morgan fingerprint density at radius 1 is 1.19 bits per heavy atom. The lowest BCUT2D eigenvalue weighted by atomic mass is 10.1. The van der Waals surface area contributed by atoms with E-state index in [1.165, 1.54) is 16.8 Å². The summed E-state index contributed by atoms with van der Waals surface area (Å²) in [6.45, 7) is 9.56. The number of fused-ring (bicyclic) bond motifs is 1. The molecular weight excluding hydrogens is 346 g/mol. The first-order chi connectivity index (χ1) is 12.4. The second kappa shape index (κ2) is 6.48. The summed E-state index contributed by atoms with van der Waals surface area (Å²) in [6.07, 6.45) is 1.44. The van der Waals surface area contributed by atoms with Gasteiger partial charge in [0.05, 0.1) is 4.87 Å². The molecule has 3 heterocycles. The van der Waals surface area contributed by atoms with Gasteiger partial charge in [-0.25, -0.2) is 0 Å². The fourth-order valence-electron chi connectivity index (χ4n) is 4.46. The van der Waals surface area contributed by atoms with E-state index in [1.807, 2.05) is 9.80 Å². The molecule has 3 aliphatic heterocycles. The second-order valence-corrected chi connectivity index (χ2v) is 9.30. The maximum atomic E-state index is 13.1. The van der Waals surface area contributed by atoms with Gasteiger partial charge in [-0.05, 0) is 44.4 Å². The highest BCUT2D eigenvalue weighted by Gasteiger charge is 2.53. The normalized spacial score (nSPS) is 28.7. The van der Waals surface area contributed by atoms with Gasteiger partial charge >= 0.3 is 0 Å². The molecular formula is C20H27N3O2S. The van der Waals surface area contributed by atoms with Crippen LogP contribution in [0.3, 0.4) is 0 Å². The van der Waals surface area contributed by atoms with Crippen molar-refractivity contribution in [1.29, 1.82) is 0 Å². The molecule has 4 rings (SSSR count). The minimum atomic E-state index is -0.271. The van der Waals surface area contributed by atoms with E-state index in [1.54, 1.807) is 11.8 Å². The summed E-state index contributed by atoms with van der Waals surface area (Å²) < 4.78 is 0. The highest BCUT2D eigenvalue weighted by atomic mass is 32.2. The van der Waals surface area contributed by atoms with Crippen LogP contribution in [0, 0.1) is 13.8 Å². The third-order valence-corrected chi connectivity index (χ3v) is 7.74. The van der Waals surface area contributed by atoms with Crippen LogP contribution in [0.5, 0.6) is 0 Å². The zero-order valence-electron chi connectivity index (χ0n) is 15.8. The molecule has 0 aliphatic carbocycles. The number of hydrogen-bond acceptors (Lipinski definition) is 4. The summed E-state index contributed by atoms with van der Waals surface area (Å²) in [5.41, 5.74) is 3.89. The molecule has 1 aromatic rings. The van der Waals surface area contributed by atoms with Gasteiger partial charge in [0, 0.05) is 44.0 Å². The molecule has 0 spiro atoms. The molecule has 0 unspecified atom stereocenters. The Morgan fingerprint density at radius 2 is 1.92 bits per heavy atom. The van der Waals surface area contributed by atoms with Gasteiger partial charge in [-0.1, -0.05) is 12.1 Å². The first-order valence-corrected chi connectivity index (χ1v) is 10.5. The molecule has 2 atom stereocenters. The van der Waals surface area contributed by atoms with E-state index in [-0.39, 0.29) is 22.7 Å². The SMILES string of the molecule is Cc1cccc(N2CCN(C(=O)[C@H]3CS[C@@]4(C)CCC(=O)N34)CC2)c1C. The third kappa shape index (κ3) is 2.79. The molecule has 1 aromatic carbocycles. The smallest absolute Gasteiger partial charge is 0.246 e. The van der Waals surface area contributed by atoms with E-state index in [0.29, 0.717) is 6.42 Å². The van der Waals surface area contributed by atoms with Gasteiger partial charge in [-0.15, -0.1) is 11.8 Å². The number of anilines is 1. The van der Waals surface area contributed by atoms with E-state index < -0.39 is 0 Å². The lowest BCUT2D eigenvalue weighted by Gasteiger charge is -2.39. The van der Waals surface area contributed by atoms with Gasteiger partial charge in [0.1, 0.15) is 6.04 Å². The molecule has 26 heavy (non-hydrogen) atoms. The zero-order chi connectivity index (χ0) is 18.5. The predicted molar refractivity (Wildman–Crippen MR) is 105 cm³/mol. The van der Waals surface area contributed by atoms with E-state index in [4.69, 9.17) is 0 Å². The van der Waals surface area contributed by atoms with Gasteiger partial charge in [-0.2, -0.15) is 0 Å². The Balaban J connectivity index is 1.43. The highest BCUT2D eigenvalue weighted by Crippen LogP contribution is 2.47. The molecule has 3 fully saturated rings. The lowest BCUT2D eigenvalue weighted by Crippen LogP contribution is -2.56. The Hall–Kier alpha value is -1.69. The lowest BCUT2D eigenvalue weighted by molar-refractivity contribution is -0.143. The number of nitrogens with zero attached hydrogens (tertiary/aromatic N) is 3. The van der Waals surface area contributed by atoms with Crippen LogP contribution in [-0.2, 0) is 9.59 Å². The Kier molecular flexibility index (Phi) is 4.41. The molecule has 3 saturated heterocycles. The topological polar surface area (TPSA) is 43.9 Å². The summed E-state index contributed by atoms with van der Waals surface area (Å²) in [4.78, 5) is 31.4. The van der Waals surface area contributed by atoms with Crippen molar-refractivity contribution >= 4 is 29.3 Å². The van der Waals surface area contributed by atoms with Gasteiger partial charge in [0.15, 0.2) is 0 Å². The van der Waals surface area contributed by atoms with Crippen LogP contribution in [-0.4, -0.2) is 64.5 Å². The first kappa shape index (κ1) is 17.7. The number of hydrogen-bond donors (Lipinski definition) is 0. The molecule has 0 aromatic heterocycles. The van der Waals surface area contributed by atoms with Crippen molar-refractivity contribution in [1.82, 2.24) is 9.80 Å². The van der Waals surface area contributed by atoms with Gasteiger partial charge in [0.2, 0.25) is 11.8 Å².